The van der Waals surface area contributed by atoms with E-state index in [1.54, 1.807) is 6.20 Å². The van der Waals surface area contributed by atoms with Gasteiger partial charge in [0.1, 0.15) is 5.58 Å². The monoisotopic (exact) mass is 599 g/mol. The zero-order valence-electron chi connectivity index (χ0n) is 25.2. The summed E-state index contributed by atoms with van der Waals surface area (Å²) in [6, 6.07) is 50.9. The smallest absolute Gasteiger partial charge is 0.227 e. The molecule has 0 aliphatic heterocycles. The second-order valence-electron chi connectivity index (χ2n) is 12.0. The van der Waals surface area contributed by atoms with E-state index in [9.17, 15) is 0 Å². The van der Waals surface area contributed by atoms with E-state index in [4.69, 9.17) is 14.4 Å². The average molecular weight is 600 g/mol. The van der Waals surface area contributed by atoms with Gasteiger partial charge in [-0.2, -0.15) is 0 Å². The molecule has 0 N–H and O–H groups in total. The van der Waals surface area contributed by atoms with Gasteiger partial charge in [0.15, 0.2) is 5.82 Å². The number of rotatable bonds is 4. The summed E-state index contributed by atoms with van der Waals surface area (Å²) in [5.74, 6) is 0.677. The van der Waals surface area contributed by atoms with Crippen molar-refractivity contribution in [2.24, 2.45) is 0 Å². The van der Waals surface area contributed by atoms with Gasteiger partial charge in [-0.1, -0.05) is 115 Å². The number of fused-ring (bicyclic) bond motifs is 6. The number of hydrogen-bond donors (Lipinski definition) is 0. The Balaban J connectivity index is 1.12. The Bertz CT molecular complexity index is 2610. The lowest BCUT2D eigenvalue weighted by Crippen LogP contribution is -1.96. The fraction of sp³-hybridized carbons (Fsp3) is 0. The highest BCUT2D eigenvalue weighted by molar-refractivity contribution is 6.16. The normalized spacial score (nSPS) is 11.8. The van der Waals surface area contributed by atoms with Crippen molar-refractivity contribution >= 4 is 32.8 Å². The SMILES string of the molecule is c1ccc(-c2cc(-c3ccnc4oc5cc(-c6ccc7c(c6)-c6cccc8cccc-7c68)ccc5c34)nc(-c3ccccc3)n2)cc1. The van der Waals surface area contributed by atoms with E-state index in [2.05, 4.69) is 96.0 Å². The molecule has 0 radical (unpaired) electrons. The quantitative estimate of drug-likeness (QED) is 0.202. The van der Waals surface area contributed by atoms with Crippen LogP contribution < -0.4 is 0 Å². The number of aromatic nitrogens is 3. The lowest BCUT2D eigenvalue weighted by molar-refractivity contribution is 0.654. The summed E-state index contributed by atoms with van der Waals surface area (Å²) in [6.45, 7) is 0. The second kappa shape index (κ2) is 10.1. The van der Waals surface area contributed by atoms with Crippen molar-refractivity contribution in [3.8, 4) is 67.3 Å². The minimum Gasteiger partial charge on any atom is -0.438 e. The van der Waals surface area contributed by atoms with Gasteiger partial charge in [-0.3, -0.25) is 0 Å². The fourth-order valence-corrected chi connectivity index (χ4v) is 7.12. The molecule has 0 fully saturated rings. The first kappa shape index (κ1) is 25.9. The first-order chi connectivity index (χ1) is 23.3. The number of pyridine rings is 1. The van der Waals surface area contributed by atoms with Gasteiger partial charge in [-0.25, -0.2) is 15.0 Å². The van der Waals surface area contributed by atoms with Crippen LogP contribution in [0.4, 0.5) is 0 Å². The molecule has 1 aliphatic rings. The van der Waals surface area contributed by atoms with Crippen LogP contribution >= 0.6 is 0 Å². The van der Waals surface area contributed by atoms with E-state index in [1.807, 2.05) is 54.6 Å². The molecular formula is C43H25N3O. The Kier molecular flexibility index (Phi) is 5.54. The van der Waals surface area contributed by atoms with E-state index in [1.165, 1.54) is 33.0 Å². The summed E-state index contributed by atoms with van der Waals surface area (Å²) in [5.41, 5.74) is 13.4. The van der Waals surface area contributed by atoms with Gasteiger partial charge in [0.25, 0.3) is 0 Å². The van der Waals surface area contributed by atoms with Crippen LogP contribution in [0.25, 0.3) is 100 Å². The van der Waals surface area contributed by atoms with Crippen molar-refractivity contribution in [3.05, 3.63) is 152 Å². The molecule has 0 amide bonds. The van der Waals surface area contributed by atoms with Crippen LogP contribution in [0.15, 0.2) is 156 Å². The van der Waals surface area contributed by atoms with Gasteiger partial charge >= 0.3 is 0 Å². The van der Waals surface area contributed by atoms with Crippen LogP contribution in [-0.4, -0.2) is 15.0 Å². The van der Waals surface area contributed by atoms with Crippen LogP contribution in [0, 0.1) is 0 Å². The summed E-state index contributed by atoms with van der Waals surface area (Å²) in [4.78, 5) is 14.7. The predicted molar refractivity (Wildman–Crippen MR) is 191 cm³/mol. The van der Waals surface area contributed by atoms with Crippen LogP contribution in [-0.2, 0) is 0 Å². The maximum atomic E-state index is 6.44. The molecule has 218 valence electrons. The molecule has 3 heterocycles. The van der Waals surface area contributed by atoms with Crippen molar-refractivity contribution < 1.29 is 4.42 Å². The predicted octanol–water partition coefficient (Wildman–Crippen LogP) is 11.2. The Morgan fingerprint density at radius 1 is 0.426 bits per heavy atom. The van der Waals surface area contributed by atoms with Gasteiger partial charge < -0.3 is 4.42 Å². The van der Waals surface area contributed by atoms with Gasteiger partial charge in [0.2, 0.25) is 5.71 Å². The van der Waals surface area contributed by atoms with Crippen molar-refractivity contribution in [2.75, 3.05) is 0 Å². The molecule has 47 heavy (non-hydrogen) atoms. The highest BCUT2D eigenvalue weighted by Crippen LogP contribution is 2.48. The molecule has 0 saturated heterocycles. The summed E-state index contributed by atoms with van der Waals surface area (Å²) in [7, 11) is 0. The molecule has 4 nitrogen and oxygen atoms in total. The van der Waals surface area contributed by atoms with Crippen LogP contribution in [0.2, 0.25) is 0 Å². The van der Waals surface area contributed by atoms with Gasteiger partial charge in [-0.15, -0.1) is 0 Å². The molecule has 0 spiro atoms. The zero-order chi connectivity index (χ0) is 30.9. The Labute approximate surface area is 270 Å². The number of benzene rings is 6. The minimum absolute atomic E-state index is 0.590. The lowest BCUT2D eigenvalue weighted by Gasteiger charge is -2.10. The molecule has 0 saturated carbocycles. The molecule has 9 aromatic rings. The molecular weight excluding hydrogens is 574 g/mol. The third kappa shape index (κ3) is 4.05. The van der Waals surface area contributed by atoms with Gasteiger partial charge in [0.05, 0.1) is 16.8 Å². The van der Waals surface area contributed by atoms with E-state index >= 15 is 0 Å². The lowest BCUT2D eigenvalue weighted by atomic mass is 9.96. The highest BCUT2D eigenvalue weighted by Gasteiger charge is 2.22. The molecule has 0 bridgehead atoms. The minimum atomic E-state index is 0.590. The first-order valence-corrected chi connectivity index (χ1v) is 15.8. The highest BCUT2D eigenvalue weighted by atomic mass is 16.3. The van der Waals surface area contributed by atoms with E-state index < -0.39 is 0 Å². The third-order valence-electron chi connectivity index (χ3n) is 9.32. The molecule has 10 rings (SSSR count). The Morgan fingerprint density at radius 2 is 1.13 bits per heavy atom. The van der Waals surface area contributed by atoms with Crippen LogP contribution in [0.5, 0.6) is 0 Å². The maximum Gasteiger partial charge on any atom is 0.227 e. The molecule has 6 aromatic carbocycles. The number of nitrogens with zero attached hydrogens (tertiary/aromatic N) is 3. The second-order valence-corrected chi connectivity index (χ2v) is 12.0. The van der Waals surface area contributed by atoms with E-state index in [-0.39, 0.29) is 0 Å². The topological polar surface area (TPSA) is 51.8 Å². The average Bonchev–Trinajstić information content (AvgIpc) is 3.68. The summed E-state index contributed by atoms with van der Waals surface area (Å²) in [5, 5.41) is 4.57. The van der Waals surface area contributed by atoms with Crippen molar-refractivity contribution in [1.29, 1.82) is 0 Å². The first-order valence-electron chi connectivity index (χ1n) is 15.8. The summed E-state index contributed by atoms with van der Waals surface area (Å²) in [6.07, 6.45) is 1.80. The van der Waals surface area contributed by atoms with Crippen molar-refractivity contribution in [3.63, 3.8) is 0 Å². The zero-order valence-corrected chi connectivity index (χ0v) is 25.2. The fourth-order valence-electron chi connectivity index (χ4n) is 7.12. The molecule has 1 aliphatic carbocycles. The number of hydrogen-bond acceptors (Lipinski definition) is 4. The molecule has 4 heteroatoms. The standard InChI is InChI=1S/C43H25N3O/c1-3-9-26(10-4-1)37-25-38(46-42(45-37)28-11-5-2-6-12-28)34-21-22-44-43-41(34)35-20-18-30(24-39(35)47-43)29-17-19-31-32-15-7-13-27-14-8-16-33(40(27)32)36(31)23-29/h1-25H. The molecule has 3 aromatic heterocycles. The molecule has 0 atom stereocenters. The van der Waals surface area contributed by atoms with Crippen LogP contribution in [0.1, 0.15) is 0 Å². The molecule has 0 unspecified atom stereocenters. The summed E-state index contributed by atoms with van der Waals surface area (Å²) >= 11 is 0. The van der Waals surface area contributed by atoms with E-state index in [0.717, 1.165) is 55.6 Å². The Morgan fingerprint density at radius 3 is 1.94 bits per heavy atom. The van der Waals surface area contributed by atoms with Crippen LogP contribution in [0.3, 0.4) is 0 Å². The third-order valence-corrected chi connectivity index (χ3v) is 9.32. The largest absolute Gasteiger partial charge is 0.438 e. The van der Waals surface area contributed by atoms with E-state index in [0.29, 0.717) is 11.5 Å². The van der Waals surface area contributed by atoms with Gasteiger partial charge in [-0.05, 0) is 74.5 Å². The maximum absolute atomic E-state index is 6.44. The van der Waals surface area contributed by atoms with Crippen molar-refractivity contribution in [1.82, 2.24) is 15.0 Å². The van der Waals surface area contributed by atoms with Crippen molar-refractivity contribution in [2.45, 2.75) is 0 Å². The summed E-state index contributed by atoms with van der Waals surface area (Å²) < 4.78 is 6.44. The number of furan rings is 1. The van der Waals surface area contributed by atoms with Gasteiger partial charge in [0, 0.05) is 28.3 Å². The Hall–Kier alpha value is -6.39.